The Morgan fingerprint density at radius 1 is 1.24 bits per heavy atom. The van der Waals surface area contributed by atoms with Crippen LogP contribution in [0.25, 0.3) is 10.2 Å². The lowest BCUT2D eigenvalue weighted by molar-refractivity contribution is 0.552. The number of likely N-dealkylation sites (N-methyl/N-ethyl adjacent to an activating group) is 1. The normalized spacial score (nSPS) is 12.7. The number of hydrogen-bond acceptors (Lipinski definition) is 3. The van der Waals surface area contributed by atoms with Crippen molar-refractivity contribution in [2.45, 2.75) is 19.4 Å². The van der Waals surface area contributed by atoms with Crippen molar-refractivity contribution in [2.75, 3.05) is 7.05 Å². The van der Waals surface area contributed by atoms with E-state index in [4.69, 9.17) is 0 Å². The number of aryl methyl sites for hydroxylation is 1. The molecule has 3 aromatic rings. The van der Waals surface area contributed by atoms with Crippen LogP contribution < -0.4 is 5.32 Å². The Kier molecular flexibility index (Phi) is 3.99. The van der Waals surface area contributed by atoms with E-state index in [-0.39, 0.29) is 11.9 Å². The molecule has 1 N–H and O–H groups in total. The summed E-state index contributed by atoms with van der Waals surface area (Å²) in [7, 11) is 1.89. The second-order valence-corrected chi connectivity index (χ2v) is 6.22. The number of rotatable bonds is 4. The summed E-state index contributed by atoms with van der Waals surface area (Å²) < 4.78 is 15.1. The standard InChI is InChI=1S/C17H17FN2S/c1-11-7-8-13(18)12(9-11)10-15(19-2)17-20-14-5-3-4-6-16(14)21-17/h3-9,15,19H,10H2,1-2H3. The molecule has 2 aromatic carbocycles. The SMILES string of the molecule is CNC(Cc1cc(C)ccc1F)c1nc2ccccc2s1. The third-order valence-corrected chi connectivity index (χ3v) is 4.73. The summed E-state index contributed by atoms with van der Waals surface area (Å²) in [4.78, 5) is 4.67. The van der Waals surface area contributed by atoms with Crippen LogP contribution in [0.15, 0.2) is 42.5 Å². The van der Waals surface area contributed by atoms with Gasteiger partial charge < -0.3 is 5.32 Å². The largest absolute Gasteiger partial charge is 0.311 e. The second kappa shape index (κ2) is 5.92. The number of nitrogens with zero attached hydrogens (tertiary/aromatic N) is 1. The molecule has 0 fully saturated rings. The minimum atomic E-state index is -0.151. The van der Waals surface area contributed by atoms with Crippen molar-refractivity contribution in [1.82, 2.24) is 10.3 Å². The molecule has 3 rings (SSSR count). The first kappa shape index (κ1) is 14.2. The lowest BCUT2D eigenvalue weighted by atomic mass is 10.0. The van der Waals surface area contributed by atoms with Crippen LogP contribution in [-0.2, 0) is 6.42 Å². The number of fused-ring (bicyclic) bond motifs is 1. The molecule has 0 saturated carbocycles. The second-order valence-electron chi connectivity index (χ2n) is 5.16. The number of thiazole rings is 1. The van der Waals surface area contributed by atoms with Crippen molar-refractivity contribution in [3.63, 3.8) is 0 Å². The molecule has 0 bridgehead atoms. The van der Waals surface area contributed by atoms with Gasteiger partial charge in [-0.15, -0.1) is 11.3 Å². The van der Waals surface area contributed by atoms with Gasteiger partial charge in [-0.25, -0.2) is 9.37 Å². The summed E-state index contributed by atoms with van der Waals surface area (Å²) in [5.41, 5.74) is 2.81. The van der Waals surface area contributed by atoms with Crippen LogP contribution in [0, 0.1) is 12.7 Å². The summed E-state index contributed by atoms with van der Waals surface area (Å²) in [5.74, 6) is -0.151. The third-order valence-electron chi connectivity index (χ3n) is 3.58. The van der Waals surface area contributed by atoms with Crippen molar-refractivity contribution >= 4 is 21.6 Å². The molecule has 0 saturated heterocycles. The first-order valence-corrected chi connectivity index (χ1v) is 7.77. The van der Waals surface area contributed by atoms with Crippen molar-refractivity contribution in [3.05, 3.63) is 64.4 Å². The van der Waals surface area contributed by atoms with Crippen LogP contribution in [0.4, 0.5) is 4.39 Å². The Morgan fingerprint density at radius 2 is 2.05 bits per heavy atom. The van der Waals surface area contributed by atoms with Gasteiger partial charge in [-0.2, -0.15) is 0 Å². The maximum absolute atomic E-state index is 13.9. The summed E-state index contributed by atoms with van der Waals surface area (Å²) in [5, 5.41) is 4.26. The summed E-state index contributed by atoms with van der Waals surface area (Å²) >= 11 is 1.66. The molecule has 1 aromatic heterocycles. The van der Waals surface area contributed by atoms with E-state index in [9.17, 15) is 4.39 Å². The molecular weight excluding hydrogens is 283 g/mol. The van der Waals surface area contributed by atoms with Gasteiger partial charge in [0, 0.05) is 0 Å². The van der Waals surface area contributed by atoms with Crippen LogP contribution in [0.2, 0.25) is 0 Å². The third kappa shape index (κ3) is 2.96. The quantitative estimate of drug-likeness (QED) is 0.779. The van der Waals surface area contributed by atoms with Gasteiger partial charge in [-0.3, -0.25) is 0 Å². The minimum absolute atomic E-state index is 0.0266. The number of hydrogen-bond donors (Lipinski definition) is 1. The Balaban J connectivity index is 1.92. The molecule has 1 heterocycles. The highest BCUT2D eigenvalue weighted by Gasteiger charge is 2.17. The van der Waals surface area contributed by atoms with E-state index >= 15 is 0 Å². The van der Waals surface area contributed by atoms with Gasteiger partial charge in [0.1, 0.15) is 10.8 Å². The molecule has 0 aliphatic rings. The van der Waals surface area contributed by atoms with E-state index in [2.05, 4.69) is 16.4 Å². The van der Waals surface area contributed by atoms with Gasteiger partial charge in [0.15, 0.2) is 0 Å². The number of benzene rings is 2. The summed E-state index contributed by atoms with van der Waals surface area (Å²) in [6, 6.07) is 13.3. The molecule has 4 heteroatoms. The zero-order valence-corrected chi connectivity index (χ0v) is 12.9. The van der Waals surface area contributed by atoms with Crippen LogP contribution in [-0.4, -0.2) is 12.0 Å². The Morgan fingerprint density at radius 3 is 2.81 bits per heavy atom. The van der Waals surface area contributed by atoms with E-state index in [1.165, 1.54) is 6.07 Å². The molecule has 0 radical (unpaired) electrons. The topological polar surface area (TPSA) is 24.9 Å². The minimum Gasteiger partial charge on any atom is -0.311 e. The fourth-order valence-corrected chi connectivity index (χ4v) is 3.51. The fourth-order valence-electron chi connectivity index (χ4n) is 2.43. The number of para-hydroxylation sites is 1. The van der Waals surface area contributed by atoms with Crippen LogP contribution in [0.1, 0.15) is 22.2 Å². The number of aromatic nitrogens is 1. The molecule has 0 aliphatic carbocycles. The Labute approximate surface area is 127 Å². The van der Waals surface area contributed by atoms with Crippen molar-refractivity contribution < 1.29 is 4.39 Å². The average molecular weight is 300 g/mol. The zero-order valence-electron chi connectivity index (χ0n) is 12.1. The van der Waals surface area contributed by atoms with Gasteiger partial charge in [0.25, 0.3) is 0 Å². The zero-order chi connectivity index (χ0) is 14.8. The number of halogens is 1. The maximum atomic E-state index is 13.9. The van der Waals surface area contributed by atoms with Gasteiger partial charge in [-0.05, 0) is 44.2 Å². The van der Waals surface area contributed by atoms with E-state index < -0.39 is 0 Å². The van der Waals surface area contributed by atoms with Crippen molar-refractivity contribution in [1.29, 1.82) is 0 Å². The van der Waals surface area contributed by atoms with Gasteiger partial charge in [-0.1, -0.05) is 29.8 Å². The molecule has 1 atom stereocenters. The fraction of sp³-hybridized carbons (Fsp3) is 0.235. The van der Waals surface area contributed by atoms with Crippen molar-refractivity contribution in [2.24, 2.45) is 0 Å². The molecule has 0 aliphatic heterocycles. The van der Waals surface area contributed by atoms with E-state index in [0.717, 1.165) is 26.4 Å². The maximum Gasteiger partial charge on any atom is 0.126 e. The predicted molar refractivity (Wildman–Crippen MR) is 86.3 cm³/mol. The van der Waals surface area contributed by atoms with Gasteiger partial charge in [0.2, 0.25) is 0 Å². The molecule has 108 valence electrons. The highest BCUT2D eigenvalue weighted by molar-refractivity contribution is 7.18. The number of nitrogens with one attached hydrogen (secondary N) is 1. The molecule has 1 unspecified atom stereocenters. The lowest BCUT2D eigenvalue weighted by Crippen LogP contribution is -2.19. The highest BCUT2D eigenvalue weighted by Crippen LogP contribution is 2.28. The van der Waals surface area contributed by atoms with Gasteiger partial charge >= 0.3 is 0 Å². The lowest BCUT2D eigenvalue weighted by Gasteiger charge is -2.14. The monoisotopic (exact) mass is 300 g/mol. The molecule has 21 heavy (non-hydrogen) atoms. The van der Waals surface area contributed by atoms with Crippen LogP contribution in [0.3, 0.4) is 0 Å². The average Bonchev–Trinajstić information content (AvgIpc) is 2.91. The summed E-state index contributed by atoms with van der Waals surface area (Å²) in [6.45, 7) is 1.98. The first-order valence-electron chi connectivity index (χ1n) is 6.95. The predicted octanol–water partition coefficient (Wildman–Crippen LogP) is 4.25. The van der Waals surface area contributed by atoms with E-state index in [1.807, 2.05) is 38.2 Å². The Hall–Kier alpha value is -1.78. The van der Waals surface area contributed by atoms with Crippen LogP contribution in [0.5, 0.6) is 0 Å². The van der Waals surface area contributed by atoms with E-state index in [1.54, 1.807) is 17.4 Å². The molecule has 0 spiro atoms. The van der Waals surface area contributed by atoms with Gasteiger partial charge in [0.05, 0.1) is 16.3 Å². The summed E-state index contributed by atoms with van der Waals surface area (Å²) in [6.07, 6.45) is 0.601. The Bertz CT molecular complexity index is 733. The molecule has 2 nitrogen and oxygen atoms in total. The highest BCUT2D eigenvalue weighted by atomic mass is 32.1. The first-order chi connectivity index (χ1) is 10.2. The molecular formula is C17H17FN2S. The van der Waals surface area contributed by atoms with Crippen LogP contribution >= 0.6 is 11.3 Å². The van der Waals surface area contributed by atoms with E-state index in [0.29, 0.717) is 6.42 Å². The van der Waals surface area contributed by atoms with Crippen molar-refractivity contribution in [3.8, 4) is 0 Å². The smallest absolute Gasteiger partial charge is 0.126 e. The molecule has 0 amide bonds.